The lowest BCUT2D eigenvalue weighted by atomic mass is 10.2. The Morgan fingerprint density at radius 2 is 1.76 bits per heavy atom. The molecule has 0 unspecified atom stereocenters. The highest BCUT2D eigenvalue weighted by Gasteiger charge is 2.39. The van der Waals surface area contributed by atoms with E-state index in [1.165, 1.54) is 7.11 Å². The molecule has 2 aromatic rings. The highest BCUT2D eigenvalue weighted by Crippen LogP contribution is 2.24. The summed E-state index contributed by atoms with van der Waals surface area (Å²) in [6.45, 7) is 0. The Balaban J connectivity index is 1.65. The molecule has 0 aliphatic carbocycles. The molecule has 7 nitrogen and oxygen atoms in total. The van der Waals surface area contributed by atoms with Gasteiger partial charge in [-0.3, -0.25) is 19.8 Å². The highest BCUT2D eigenvalue weighted by molar-refractivity contribution is 6.22. The van der Waals surface area contributed by atoms with Crippen LogP contribution in [0.25, 0.3) is 0 Å². The fraction of sp³-hybridized carbons (Fsp3) is 0.167. The van der Waals surface area contributed by atoms with Crippen molar-refractivity contribution in [3.05, 3.63) is 60.2 Å². The van der Waals surface area contributed by atoms with E-state index >= 15 is 0 Å². The van der Waals surface area contributed by atoms with Crippen molar-refractivity contribution in [2.75, 3.05) is 12.0 Å². The first kappa shape index (κ1) is 16.7. The number of rotatable bonds is 5. The Labute approximate surface area is 144 Å². The van der Waals surface area contributed by atoms with Crippen molar-refractivity contribution in [2.24, 2.45) is 0 Å². The molecule has 2 aromatic carbocycles. The quantitative estimate of drug-likeness (QED) is 0.632. The van der Waals surface area contributed by atoms with Gasteiger partial charge in [-0.15, -0.1) is 0 Å². The predicted molar refractivity (Wildman–Crippen MR) is 90.9 cm³/mol. The monoisotopic (exact) mass is 339 g/mol. The van der Waals surface area contributed by atoms with Crippen LogP contribution >= 0.6 is 0 Å². The summed E-state index contributed by atoms with van der Waals surface area (Å²) in [6, 6.07) is 14.4. The fourth-order valence-corrected chi connectivity index (χ4v) is 2.56. The second-order valence-electron chi connectivity index (χ2n) is 5.49. The maximum atomic E-state index is 12.5. The zero-order valence-corrected chi connectivity index (χ0v) is 13.6. The third kappa shape index (κ3) is 3.51. The van der Waals surface area contributed by atoms with Crippen LogP contribution in [-0.2, 0) is 9.59 Å². The number of ether oxygens (including phenoxy) is 1. The number of hydrogen-bond donors (Lipinski definition) is 2. The van der Waals surface area contributed by atoms with Crippen molar-refractivity contribution in [1.29, 1.82) is 0 Å². The maximum absolute atomic E-state index is 12.5. The van der Waals surface area contributed by atoms with Gasteiger partial charge in [-0.05, 0) is 36.4 Å². The average Bonchev–Trinajstić information content (AvgIpc) is 2.94. The number of anilines is 1. The average molecular weight is 339 g/mol. The van der Waals surface area contributed by atoms with Crippen molar-refractivity contribution in [2.45, 2.75) is 12.5 Å². The van der Waals surface area contributed by atoms with Crippen molar-refractivity contribution in [3.63, 3.8) is 0 Å². The Hall–Kier alpha value is -3.19. The zero-order chi connectivity index (χ0) is 17.8. The number of hydrogen-bond acceptors (Lipinski definition) is 5. The number of amides is 3. The normalized spacial score (nSPS) is 16.8. The molecule has 1 atom stereocenters. The van der Waals surface area contributed by atoms with Gasteiger partial charge >= 0.3 is 0 Å². The topological polar surface area (TPSA) is 87.7 Å². The number of nitrogens with one attached hydrogen (secondary N) is 2. The molecule has 0 saturated carbocycles. The summed E-state index contributed by atoms with van der Waals surface area (Å²) >= 11 is 0. The van der Waals surface area contributed by atoms with Crippen LogP contribution in [0, 0.1) is 0 Å². The number of hydrazine groups is 1. The summed E-state index contributed by atoms with van der Waals surface area (Å²) in [4.78, 5) is 37.8. The van der Waals surface area contributed by atoms with Gasteiger partial charge in [-0.2, -0.15) is 0 Å². The summed E-state index contributed by atoms with van der Waals surface area (Å²) < 4.78 is 5.07. The molecule has 3 amide bonds. The molecule has 0 spiro atoms. The molecule has 0 aromatic heterocycles. The largest absolute Gasteiger partial charge is 0.497 e. The Morgan fingerprint density at radius 3 is 2.40 bits per heavy atom. The van der Waals surface area contributed by atoms with Gasteiger partial charge in [-0.1, -0.05) is 18.2 Å². The van der Waals surface area contributed by atoms with Crippen molar-refractivity contribution in [3.8, 4) is 5.75 Å². The van der Waals surface area contributed by atoms with Crippen molar-refractivity contribution in [1.82, 2.24) is 10.9 Å². The van der Waals surface area contributed by atoms with Crippen LogP contribution in [0.4, 0.5) is 5.69 Å². The van der Waals surface area contributed by atoms with Gasteiger partial charge in [-0.25, -0.2) is 10.3 Å². The van der Waals surface area contributed by atoms with Crippen LogP contribution in [0.1, 0.15) is 16.8 Å². The minimum Gasteiger partial charge on any atom is -0.497 e. The van der Waals surface area contributed by atoms with Crippen LogP contribution < -0.4 is 20.5 Å². The molecular formula is C18H17N3O4. The van der Waals surface area contributed by atoms with Gasteiger partial charge in [0.05, 0.1) is 19.2 Å². The van der Waals surface area contributed by atoms with Gasteiger partial charge in [0.25, 0.3) is 11.8 Å². The van der Waals surface area contributed by atoms with E-state index in [1.54, 1.807) is 54.6 Å². The van der Waals surface area contributed by atoms with E-state index in [4.69, 9.17) is 4.74 Å². The lowest BCUT2D eigenvalue weighted by Crippen LogP contribution is -2.48. The SMILES string of the molecule is COc1ccc(N2C(=O)C[C@@H](NNC(=O)c3ccccc3)C2=O)cc1. The van der Waals surface area contributed by atoms with E-state index in [0.29, 0.717) is 17.0 Å². The standard InChI is InChI=1S/C18H17N3O4/c1-25-14-9-7-13(8-10-14)21-16(22)11-15(18(21)24)19-20-17(23)12-5-3-2-4-6-12/h2-10,15,19H,11H2,1H3,(H,20,23)/t15-/m1/s1. The van der Waals surface area contributed by atoms with Gasteiger partial charge in [0.15, 0.2) is 0 Å². The molecule has 0 bridgehead atoms. The molecule has 7 heteroatoms. The summed E-state index contributed by atoms with van der Waals surface area (Å²) in [6.07, 6.45) is -0.0278. The van der Waals surface area contributed by atoms with Gasteiger partial charge in [0, 0.05) is 5.56 Å². The second-order valence-corrected chi connectivity index (χ2v) is 5.49. The minimum atomic E-state index is -0.803. The first-order chi connectivity index (χ1) is 12.1. The van der Waals surface area contributed by atoms with E-state index in [2.05, 4.69) is 10.9 Å². The van der Waals surface area contributed by atoms with Crippen LogP contribution in [0.15, 0.2) is 54.6 Å². The van der Waals surface area contributed by atoms with Crippen molar-refractivity contribution < 1.29 is 19.1 Å². The minimum absolute atomic E-state index is 0.0278. The lowest BCUT2D eigenvalue weighted by Gasteiger charge is -2.16. The Bertz CT molecular complexity index is 790. The van der Waals surface area contributed by atoms with Gasteiger partial charge < -0.3 is 4.74 Å². The lowest BCUT2D eigenvalue weighted by molar-refractivity contribution is -0.121. The van der Waals surface area contributed by atoms with Crippen LogP contribution in [0.2, 0.25) is 0 Å². The zero-order valence-electron chi connectivity index (χ0n) is 13.6. The molecule has 2 N–H and O–H groups in total. The van der Waals surface area contributed by atoms with Crippen LogP contribution in [0.3, 0.4) is 0 Å². The Morgan fingerprint density at radius 1 is 1.08 bits per heavy atom. The molecule has 1 aliphatic rings. The molecule has 1 heterocycles. The Kier molecular flexibility index (Phi) is 4.76. The van der Waals surface area contributed by atoms with E-state index < -0.39 is 11.9 Å². The first-order valence-electron chi connectivity index (χ1n) is 7.72. The molecule has 128 valence electrons. The van der Waals surface area contributed by atoms with E-state index in [-0.39, 0.29) is 18.2 Å². The molecule has 1 aliphatic heterocycles. The fourth-order valence-electron chi connectivity index (χ4n) is 2.56. The number of carbonyl (C=O) groups excluding carboxylic acids is 3. The first-order valence-corrected chi connectivity index (χ1v) is 7.72. The number of carbonyl (C=O) groups is 3. The third-order valence-electron chi connectivity index (χ3n) is 3.87. The summed E-state index contributed by atoms with van der Waals surface area (Å²) in [5.41, 5.74) is 6.04. The predicted octanol–water partition coefficient (Wildman–Crippen LogP) is 1.26. The molecule has 0 radical (unpaired) electrons. The number of benzene rings is 2. The third-order valence-corrected chi connectivity index (χ3v) is 3.87. The number of methoxy groups -OCH3 is 1. The molecule has 3 rings (SSSR count). The number of nitrogens with zero attached hydrogens (tertiary/aromatic N) is 1. The summed E-state index contributed by atoms with van der Waals surface area (Å²) in [5.74, 6) is -0.485. The second kappa shape index (κ2) is 7.14. The van der Waals surface area contributed by atoms with Gasteiger partial charge in [0.2, 0.25) is 5.91 Å². The summed E-state index contributed by atoms with van der Waals surface area (Å²) in [5, 5.41) is 0. The molecule has 1 saturated heterocycles. The molecule has 1 fully saturated rings. The molecular weight excluding hydrogens is 322 g/mol. The summed E-state index contributed by atoms with van der Waals surface area (Å²) in [7, 11) is 1.54. The molecule has 25 heavy (non-hydrogen) atoms. The van der Waals surface area contributed by atoms with E-state index in [9.17, 15) is 14.4 Å². The van der Waals surface area contributed by atoms with Gasteiger partial charge in [0.1, 0.15) is 11.8 Å². The van der Waals surface area contributed by atoms with Crippen LogP contribution in [0.5, 0.6) is 5.75 Å². The van der Waals surface area contributed by atoms with E-state index in [1.807, 2.05) is 0 Å². The maximum Gasteiger partial charge on any atom is 0.265 e. The smallest absolute Gasteiger partial charge is 0.265 e. The van der Waals surface area contributed by atoms with Crippen LogP contribution in [-0.4, -0.2) is 30.9 Å². The highest BCUT2D eigenvalue weighted by atomic mass is 16.5. The number of imide groups is 1. The van der Waals surface area contributed by atoms with Crippen molar-refractivity contribution >= 4 is 23.4 Å². The van der Waals surface area contributed by atoms with E-state index in [0.717, 1.165) is 4.90 Å².